The molecule has 0 radical (unpaired) electrons. The van der Waals surface area contributed by atoms with Crippen molar-refractivity contribution >= 4 is 0 Å². The lowest BCUT2D eigenvalue weighted by Gasteiger charge is -2.17. The minimum atomic E-state index is -0.364. The third kappa shape index (κ3) is 3.19. The number of aromatic hydroxyl groups is 1. The second-order valence-electron chi connectivity index (χ2n) is 7.01. The van der Waals surface area contributed by atoms with E-state index in [1.165, 1.54) is 12.8 Å². The van der Waals surface area contributed by atoms with Gasteiger partial charge >= 0.3 is 5.63 Å². The minimum absolute atomic E-state index is 0.0510. The summed E-state index contributed by atoms with van der Waals surface area (Å²) in [7, 11) is 0. The maximum absolute atomic E-state index is 12.5. The van der Waals surface area contributed by atoms with Crippen LogP contribution in [0.3, 0.4) is 0 Å². The van der Waals surface area contributed by atoms with Gasteiger partial charge < -0.3 is 9.52 Å². The van der Waals surface area contributed by atoms with Crippen molar-refractivity contribution in [3.63, 3.8) is 0 Å². The van der Waals surface area contributed by atoms with Crippen molar-refractivity contribution in [1.82, 2.24) is 0 Å². The average Bonchev–Trinajstić information content (AvgIpc) is 3.44. The van der Waals surface area contributed by atoms with Crippen LogP contribution in [0.4, 0.5) is 0 Å². The molecule has 0 spiro atoms. The van der Waals surface area contributed by atoms with Gasteiger partial charge in [-0.25, -0.2) is 4.79 Å². The highest BCUT2D eigenvalue weighted by Crippen LogP contribution is 2.47. The molecule has 120 valence electrons. The van der Waals surface area contributed by atoms with Gasteiger partial charge in [0.2, 0.25) is 0 Å². The molecule has 3 nitrogen and oxygen atoms in total. The molecule has 1 atom stereocenters. The van der Waals surface area contributed by atoms with E-state index in [2.05, 4.69) is 0 Å². The van der Waals surface area contributed by atoms with Crippen LogP contribution in [0.2, 0.25) is 0 Å². The topological polar surface area (TPSA) is 50.4 Å². The van der Waals surface area contributed by atoms with E-state index in [4.69, 9.17) is 4.42 Å². The maximum Gasteiger partial charge on any atom is 0.343 e. The van der Waals surface area contributed by atoms with Crippen LogP contribution in [0, 0.1) is 11.8 Å². The van der Waals surface area contributed by atoms with E-state index in [0.717, 1.165) is 37.2 Å². The molecular weight excluding hydrogens is 288 g/mol. The van der Waals surface area contributed by atoms with Crippen molar-refractivity contribution in [2.24, 2.45) is 11.8 Å². The molecule has 0 amide bonds. The highest BCUT2D eigenvalue weighted by Gasteiger charge is 2.37. The fraction of sp³-hybridized carbons (Fsp3) is 0.450. The first-order chi connectivity index (χ1) is 11.2. The van der Waals surface area contributed by atoms with Crippen molar-refractivity contribution in [1.29, 1.82) is 0 Å². The van der Waals surface area contributed by atoms with Crippen molar-refractivity contribution in [3.05, 3.63) is 63.7 Å². The second-order valence-corrected chi connectivity index (χ2v) is 7.01. The third-order valence-electron chi connectivity index (χ3n) is 5.08. The molecule has 3 heteroatoms. The molecule has 0 bridgehead atoms. The summed E-state index contributed by atoms with van der Waals surface area (Å²) in [6.45, 7) is 0. The van der Waals surface area contributed by atoms with Gasteiger partial charge in [-0.1, -0.05) is 43.2 Å². The van der Waals surface area contributed by atoms with Gasteiger partial charge in [0.1, 0.15) is 11.5 Å². The molecule has 2 aromatic rings. The third-order valence-corrected chi connectivity index (χ3v) is 5.08. The first kappa shape index (κ1) is 14.6. The molecule has 0 saturated heterocycles. The van der Waals surface area contributed by atoms with Crippen LogP contribution in [0.1, 0.15) is 54.9 Å². The van der Waals surface area contributed by atoms with E-state index < -0.39 is 0 Å². The van der Waals surface area contributed by atoms with Crippen LogP contribution in [-0.2, 0) is 6.42 Å². The molecule has 2 fully saturated rings. The van der Waals surface area contributed by atoms with Gasteiger partial charge in [0.25, 0.3) is 0 Å². The fourth-order valence-corrected chi connectivity index (χ4v) is 3.47. The number of hydrogen-bond acceptors (Lipinski definition) is 3. The van der Waals surface area contributed by atoms with Crippen LogP contribution >= 0.6 is 0 Å². The first-order valence-corrected chi connectivity index (χ1v) is 8.63. The lowest BCUT2D eigenvalue weighted by Crippen LogP contribution is -2.16. The summed E-state index contributed by atoms with van der Waals surface area (Å²) in [5.41, 5.74) is 1.16. The van der Waals surface area contributed by atoms with Crippen LogP contribution in [0.15, 0.2) is 45.6 Å². The summed E-state index contributed by atoms with van der Waals surface area (Å²) >= 11 is 0. The number of benzene rings is 1. The highest BCUT2D eigenvalue weighted by molar-refractivity contribution is 5.41. The lowest BCUT2D eigenvalue weighted by atomic mass is 9.87. The normalized spacial score (nSPS) is 18.8. The SMILES string of the molecule is O=c1oc(CCC2CC2)cc(O)c1C(c1ccccc1)C1CC1. The number of aryl methyl sites for hydroxylation is 1. The van der Waals surface area contributed by atoms with Gasteiger partial charge in [-0.2, -0.15) is 0 Å². The van der Waals surface area contributed by atoms with Crippen LogP contribution < -0.4 is 5.63 Å². The Morgan fingerprint density at radius 3 is 2.48 bits per heavy atom. The molecule has 2 saturated carbocycles. The predicted octanol–water partition coefficient (Wildman–Crippen LogP) is 4.23. The highest BCUT2D eigenvalue weighted by atomic mass is 16.4. The molecule has 1 aromatic carbocycles. The maximum atomic E-state index is 12.5. The molecule has 2 aliphatic rings. The lowest BCUT2D eigenvalue weighted by molar-refractivity contribution is 0.399. The molecular formula is C20H22O3. The van der Waals surface area contributed by atoms with E-state index in [9.17, 15) is 9.90 Å². The van der Waals surface area contributed by atoms with E-state index >= 15 is 0 Å². The number of rotatable bonds is 6. The molecule has 1 unspecified atom stereocenters. The Kier molecular flexibility index (Phi) is 3.72. The van der Waals surface area contributed by atoms with Gasteiger partial charge in [0, 0.05) is 18.4 Å². The largest absolute Gasteiger partial charge is 0.507 e. The summed E-state index contributed by atoms with van der Waals surface area (Å²) < 4.78 is 5.53. The molecule has 1 aromatic heterocycles. The Morgan fingerprint density at radius 2 is 1.87 bits per heavy atom. The monoisotopic (exact) mass is 310 g/mol. The minimum Gasteiger partial charge on any atom is -0.507 e. The summed E-state index contributed by atoms with van der Waals surface area (Å²) in [6, 6.07) is 11.7. The van der Waals surface area contributed by atoms with Gasteiger partial charge in [-0.3, -0.25) is 0 Å². The van der Waals surface area contributed by atoms with Crippen LogP contribution in [-0.4, -0.2) is 5.11 Å². The van der Waals surface area contributed by atoms with E-state index in [1.807, 2.05) is 30.3 Å². The van der Waals surface area contributed by atoms with Crippen molar-refractivity contribution in [2.75, 3.05) is 0 Å². The zero-order chi connectivity index (χ0) is 15.8. The van der Waals surface area contributed by atoms with E-state index in [-0.39, 0.29) is 17.3 Å². The van der Waals surface area contributed by atoms with Crippen molar-refractivity contribution in [3.8, 4) is 5.75 Å². The first-order valence-electron chi connectivity index (χ1n) is 8.63. The van der Waals surface area contributed by atoms with Gasteiger partial charge in [-0.15, -0.1) is 0 Å². The Labute approximate surface area is 136 Å². The summed E-state index contributed by atoms with van der Waals surface area (Å²) in [5, 5.41) is 10.5. The quantitative estimate of drug-likeness (QED) is 0.868. The predicted molar refractivity (Wildman–Crippen MR) is 88.7 cm³/mol. The smallest absolute Gasteiger partial charge is 0.343 e. The summed E-state index contributed by atoms with van der Waals surface area (Å²) in [6.07, 6.45) is 6.56. The number of hydrogen-bond donors (Lipinski definition) is 1. The molecule has 0 aliphatic heterocycles. The standard InChI is InChI=1S/C20H22O3/c21-17-12-16(11-8-13-6-7-13)23-20(22)19(17)18(15-9-10-15)14-4-2-1-3-5-14/h1-5,12-13,15,18,21H,6-11H2. The molecule has 23 heavy (non-hydrogen) atoms. The Morgan fingerprint density at radius 1 is 1.13 bits per heavy atom. The molecule has 2 aliphatic carbocycles. The zero-order valence-corrected chi connectivity index (χ0v) is 13.2. The Hall–Kier alpha value is -2.03. The Bertz CT molecular complexity index is 739. The van der Waals surface area contributed by atoms with Crippen molar-refractivity contribution in [2.45, 2.75) is 44.4 Å². The van der Waals surface area contributed by atoms with E-state index in [1.54, 1.807) is 6.07 Å². The van der Waals surface area contributed by atoms with Gasteiger partial charge in [-0.05, 0) is 36.7 Å². The van der Waals surface area contributed by atoms with Gasteiger partial charge in [0.05, 0.1) is 5.56 Å². The van der Waals surface area contributed by atoms with E-state index in [0.29, 0.717) is 17.2 Å². The molecule has 4 rings (SSSR count). The van der Waals surface area contributed by atoms with Crippen LogP contribution in [0.25, 0.3) is 0 Å². The Balaban J connectivity index is 1.67. The van der Waals surface area contributed by atoms with Gasteiger partial charge in [0.15, 0.2) is 0 Å². The van der Waals surface area contributed by atoms with Crippen LogP contribution in [0.5, 0.6) is 5.75 Å². The molecule has 1 heterocycles. The zero-order valence-electron chi connectivity index (χ0n) is 13.2. The fourth-order valence-electron chi connectivity index (χ4n) is 3.47. The summed E-state index contributed by atoms with van der Waals surface area (Å²) in [5.74, 6) is 1.89. The van der Waals surface area contributed by atoms with Crippen molar-refractivity contribution < 1.29 is 9.52 Å². The second kappa shape index (κ2) is 5.88. The molecule has 1 N–H and O–H groups in total. The average molecular weight is 310 g/mol. The summed E-state index contributed by atoms with van der Waals surface area (Å²) in [4.78, 5) is 12.5.